The summed E-state index contributed by atoms with van der Waals surface area (Å²) in [6.07, 6.45) is 3.05. The van der Waals surface area contributed by atoms with Crippen molar-refractivity contribution in [3.05, 3.63) is 64.9 Å². The molecule has 2 N–H and O–H groups in total. The number of nitrogens with one attached hydrogen (secondary N) is 1. The van der Waals surface area contributed by atoms with Crippen molar-refractivity contribution >= 4 is 33.5 Å². The molecule has 182 valence electrons. The Morgan fingerprint density at radius 1 is 1.03 bits per heavy atom. The van der Waals surface area contributed by atoms with E-state index in [0.29, 0.717) is 31.0 Å². The van der Waals surface area contributed by atoms with Crippen LogP contribution in [0.4, 0.5) is 0 Å². The molecule has 1 aromatic carbocycles. The largest absolute Gasteiger partial charge is 0.292 e. The Morgan fingerprint density at radius 3 is 2.35 bits per heavy atom. The molecule has 3 heterocycles. The highest BCUT2D eigenvalue weighted by atomic mass is 35.5. The van der Waals surface area contributed by atoms with Gasteiger partial charge in [-0.05, 0) is 61.4 Å². The van der Waals surface area contributed by atoms with E-state index < -0.39 is 28.1 Å². The van der Waals surface area contributed by atoms with E-state index in [-0.39, 0.29) is 36.8 Å². The van der Waals surface area contributed by atoms with Crippen LogP contribution >= 0.6 is 11.6 Å². The molecule has 2 saturated heterocycles. The van der Waals surface area contributed by atoms with Crippen molar-refractivity contribution in [3.63, 3.8) is 0 Å². The average molecular weight is 507 g/mol. The Labute approximate surface area is 203 Å². The topological polar surface area (TPSA) is 120 Å². The monoisotopic (exact) mass is 506 g/mol. The number of benzene rings is 1. The molecule has 4 rings (SSSR count). The Kier molecular flexibility index (Phi) is 7.63. The zero-order valence-corrected chi connectivity index (χ0v) is 20.1. The molecule has 0 bridgehead atoms. The highest BCUT2D eigenvalue weighted by Gasteiger charge is 2.45. The van der Waals surface area contributed by atoms with Gasteiger partial charge in [0, 0.05) is 36.8 Å². The number of hydrogen-bond donors (Lipinski definition) is 2. The van der Waals surface area contributed by atoms with Crippen LogP contribution in [0, 0.1) is 5.92 Å². The second kappa shape index (κ2) is 10.5. The van der Waals surface area contributed by atoms with Gasteiger partial charge in [0.2, 0.25) is 0 Å². The summed E-state index contributed by atoms with van der Waals surface area (Å²) in [4.78, 5) is 29.4. The minimum atomic E-state index is -3.97. The van der Waals surface area contributed by atoms with Crippen molar-refractivity contribution < 1.29 is 23.2 Å². The lowest BCUT2D eigenvalue weighted by atomic mass is 9.87. The lowest BCUT2D eigenvalue weighted by Gasteiger charge is -2.41. The highest BCUT2D eigenvalue weighted by Crippen LogP contribution is 2.33. The Bertz CT molecular complexity index is 1120. The molecular formula is C23H27ClN4O5S. The standard InChI is InChI=1S/C23H27ClN4O5S/c24-19-6-4-16(5-7-19)17-8-12-27(13-9-17)34(32,33)28-14-10-18(15-21(28)23(30)26-31)22(29)20-3-1-2-11-25-20/h1-7,11,17-18,21,31H,8-10,12-15H2,(H,26,30). The molecule has 2 unspecified atom stereocenters. The third kappa shape index (κ3) is 5.16. The van der Waals surface area contributed by atoms with Gasteiger partial charge in [0.05, 0.1) is 0 Å². The van der Waals surface area contributed by atoms with Gasteiger partial charge in [-0.1, -0.05) is 29.8 Å². The predicted molar refractivity (Wildman–Crippen MR) is 126 cm³/mol. The van der Waals surface area contributed by atoms with Crippen LogP contribution in [0.5, 0.6) is 0 Å². The first-order valence-electron chi connectivity index (χ1n) is 11.2. The molecule has 2 aliphatic heterocycles. The van der Waals surface area contributed by atoms with Gasteiger partial charge in [0.25, 0.3) is 16.1 Å². The molecule has 2 aliphatic rings. The molecule has 2 atom stereocenters. The van der Waals surface area contributed by atoms with Crippen LogP contribution in [0.15, 0.2) is 48.7 Å². The minimum Gasteiger partial charge on any atom is -0.292 e. The molecule has 1 amide bonds. The molecule has 2 aromatic rings. The zero-order chi connectivity index (χ0) is 24.3. The summed E-state index contributed by atoms with van der Waals surface area (Å²) in [6.45, 7) is 0.631. The van der Waals surface area contributed by atoms with Gasteiger partial charge in [-0.15, -0.1) is 0 Å². The van der Waals surface area contributed by atoms with Crippen LogP contribution in [0.3, 0.4) is 0 Å². The third-order valence-corrected chi connectivity index (χ3v) is 8.97. The minimum absolute atomic E-state index is 0.000767. The van der Waals surface area contributed by atoms with Crippen molar-refractivity contribution in [2.45, 2.75) is 37.6 Å². The fourth-order valence-electron chi connectivity index (χ4n) is 4.79. The number of hydrogen-bond acceptors (Lipinski definition) is 6. The molecule has 1 aromatic heterocycles. The van der Waals surface area contributed by atoms with E-state index in [1.165, 1.54) is 10.5 Å². The molecule has 0 radical (unpaired) electrons. The van der Waals surface area contributed by atoms with Gasteiger partial charge >= 0.3 is 0 Å². The maximum atomic E-state index is 13.5. The lowest BCUT2D eigenvalue weighted by Crippen LogP contribution is -2.58. The van der Waals surface area contributed by atoms with Gasteiger partial charge in [-0.25, -0.2) is 5.48 Å². The van der Waals surface area contributed by atoms with Crippen molar-refractivity contribution in [2.75, 3.05) is 19.6 Å². The number of nitrogens with zero attached hydrogens (tertiary/aromatic N) is 3. The van der Waals surface area contributed by atoms with Gasteiger partial charge in [-0.2, -0.15) is 17.0 Å². The van der Waals surface area contributed by atoms with E-state index in [2.05, 4.69) is 4.98 Å². The van der Waals surface area contributed by atoms with E-state index >= 15 is 0 Å². The van der Waals surface area contributed by atoms with Crippen molar-refractivity contribution in [3.8, 4) is 0 Å². The number of hydroxylamine groups is 1. The van der Waals surface area contributed by atoms with Crippen LogP contribution in [0.25, 0.3) is 0 Å². The molecular weight excluding hydrogens is 480 g/mol. The summed E-state index contributed by atoms with van der Waals surface area (Å²) in [5.74, 6) is -1.43. The van der Waals surface area contributed by atoms with Crippen molar-refractivity contribution in [2.24, 2.45) is 5.92 Å². The van der Waals surface area contributed by atoms with Gasteiger partial charge in [0.15, 0.2) is 5.78 Å². The van der Waals surface area contributed by atoms with Crippen LogP contribution in [-0.4, -0.2) is 64.6 Å². The molecule has 2 fully saturated rings. The fourth-order valence-corrected chi connectivity index (χ4v) is 6.73. The quantitative estimate of drug-likeness (QED) is 0.353. The van der Waals surface area contributed by atoms with Gasteiger partial charge < -0.3 is 0 Å². The third-order valence-electron chi connectivity index (χ3n) is 6.67. The van der Waals surface area contributed by atoms with Gasteiger partial charge in [0.1, 0.15) is 11.7 Å². The van der Waals surface area contributed by atoms with E-state index in [1.54, 1.807) is 23.7 Å². The summed E-state index contributed by atoms with van der Waals surface area (Å²) in [5.41, 5.74) is 2.96. The SMILES string of the molecule is O=C(c1ccccn1)C1CCN(S(=O)(=O)N2CCC(c3ccc(Cl)cc3)CC2)C(C(=O)NO)C1. The molecule has 11 heteroatoms. The van der Waals surface area contributed by atoms with Crippen LogP contribution in [0.2, 0.25) is 5.02 Å². The van der Waals surface area contributed by atoms with Crippen molar-refractivity contribution in [1.29, 1.82) is 0 Å². The number of Topliss-reactive ketones (excluding diaryl/α,β-unsaturated/α-hetero) is 1. The molecule has 0 saturated carbocycles. The molecule has 0 aliphatic carbocycles. The zero-order valence-electron chi connectivity index (χ0n) is 18.5. The Hall–Kier alpha value is -2.37. The summed E-state index contributed by atoms with van der Waals surface area (Å²) < 4.78 is 29.5. The number of aromatic nitrogens is 1. The van der Waals surface area contributed by atoms with Crippen molar-refractivity contribution in [1.82, 2.24) is 19.1 Å². The smallest absolute Gasteiger partial charge is 0.282 e. The van der Waals surface area contributed by atoms with E-state index in [4.69, 9.17) is 11.6 Å². The number of carbonyl (C=O) groups is 2. The summed E-state index contributed by atoms with van der Waals surface area (Å²) in [6, 6.07) is 11.4. The maximum Gasteiger partial charge on any atom is 0.282 e. The molecule has 34 heavy (non-hydrogen) atoms. The number of piperidine rings is 2. The van der Waals surface area contributed by atoms with Crippen LogP contribution < -0.4 is 5.48 Å². The maximum absolute atomic E-state index is 13.5. The Balaban J connectivity index is 1.46. The van der Waals surface area contributed by atoms with E-state index in [9.17, 15) is 23.2 Å². The summed E-state index contributed by atoms with van der Waals surface area (Å²) in [5, 5.41) is 9.92. The first-order chi connectivity index (χ1) is 16.3. The van der Waals surface area contributed by atoms with Crippen LogP contribution in [-0.2, 0) is 15.0 Å². The van der Waals surface area contributed by atoms with E-state index in [0.717, 1.165) is 9.87 Å². The predicted octanol–water partition coefficient (Wildman–Crippen LogP) is 2.63. The molecule has 9 nitrogen and oxygen atoms in total. The second-order valence-corrected chi connectivity index (χ2v) is 11.0. The number of ketones is 1. The number of halogens is 1. The summed E-state index contributed by atoms with van der Waals surface area (Å²) in [7, 11) is -3.97. The number of amides is 1. The first kappa shape index (κ1) is 24.7. The highest BCUT2D eigenvalue weighted by molar-refractivity contribution is 7.86. The molecule has 0 spiro atoms. The first-order valence-corrected chi connectivity index (χ1v) is 13.0. The van der Waals surface area contributed by atoms with E-state index in [1.807, 2.05) is 24.3 Å². The number of rotatable bonds is 6. The fraction of sp³-hybridized carbons (Fsp3) is 0.435. The van der Waals surface area contributed by atoms with Gasteiger partial charge in [-0.3, -0.25) is 19.8 Å². The Morgan fingerprint density at radius 2 is 1.74 bits per heavy atom. The average Bonchev–Trinajstić information content (AvgIpc) is 2.88. The number of pyridine rings is 1. The number of carbonyl (C=O) groups excluding carboxylic acids is 2. The lowest BCUT2D eigenvalue weighted by molar-refractivity contribution is -0.134. The summed E-state index contributed by atoms with van der Waals surface area (Å²) >= 11 is 5.97. The second-order valence-electron chi connectivity index (χ2n) is 8.64. The van der Waals surface area contributed by atoms with Crippen LogP contribution in [0.1, 0.15) is 47.7 Å². The normalized spacial score (nSPS) is 22.9.